The van der Waals surface area contributed by atoms with Crippen molar-refractivity contribution in [3.05, 3.63) is 127 Å². The number of furan rings is 1. The highest BCUT2D eigenvalue weighted by molar-refractivity contribution is 9.10. The molecule has 0 N–H and O–H groups in total. The molecule has 0 spiro atoms. The first kappa shape index (κ1) is 26.9. The van der Waals surface area contributed by atoms with Crippen LogP contribution in [0.2, 0.25) is 0 Å². The fraction of sp³-hybridized carbons (Fsp3) is 0.0645. The van der Waals surface area contributed by atoms with Crippen molar-refractivity contribution in [1.29, 1.82) is 0 Å². The van der Waals surface area contributed by atoms with Crippen LogP contribution in [-0.2, 0) is 6.61 Å². The summed E-state index contributed by atoms with van der Waals surface area (Å²) in [6.45, 7) is 0.0864. The maximum atomic E-state index is 13.6. The molecule has 6 aromatic rings. The Morgan fingerprint density at radius 1 is 1.05 bits per heavy atom. The third-order valence-electron chi connectivity index (χ3n) is 6.48. The molecule has 6 rings (SSSR count). The quantitative estimate of drug-likeness (QED) is 0.102. The number of hydrogen-bond donors (Lipinski definition) is 0. The molecule has 2 heterocycles. The molecule has 4 aromatic carbocycles. The van der Waals surface area contributed by atoms with Gasteiger partial charge in [0.1, 0.15) is 12.2 Å². The number of nitro benzene ring substituents is 1. The maximum absolute atomic E-state index is 13.6. The Hall–Kier alpha value is -5.29. The lowest BCUT2D eigenvalue weighted by atomic mass is 10.2. The van der Waals surface area contributed by atoms with Crippen molar-refractivity contribution in [2.45, 2.75) is 6.61 Å². The van der Waals surface area contributed by atoms with Crippen molar-refractivity contribution in [1.82, 2.24) is 9.66 Å². The molecule has 0 unspecified atom stereocenters. The van der Waals surface area contributed by atoms with Crippen LogP contribution in [0.3, 0.4) is 0 Å². The van der Waals surface area contributed by atoms with Crippen molar-refractivity contribution in [2.75, 3.05) is 7.11 Å². The van der Waals surface area contributed by atoms with E-state index < -0.39 is 4.92 Å². The second-order valence-corrected chi connectivity index (χ2v) is 10.1. The molecule has 10 nitrogen and oxygen atoms in total. The molecule has 208 valence electrons. The Labute approximate surface area is 246 Å². The first-order chi connectivity index (χ1) is 20.4. The molecule has 0 aliphatic heterocycles. The maximum Gasteiger partial charge on any atom is 0.282 e. The SMILES string of the molecule is COc1cc(C=Nn2c(-c3cc4ccccc4o3)nc3ccccc3c2=O)cc(Br)c1OCc1cccc([N+](=O)[O-])c1. The fourth-order valence-corrected chi connectivity index (χ4v) is 5.05. The molecule has 0 amide bonds. The van der Waals surface area contributed by atoms with Gasteiger partial charge in [-0.2, -0.15) is 9.78 Å². The van der Waals surface area contributed by atoms with Crippen LogP contribution in [0.4, 0.5) is 5.69 Å². The number of fused-ring (bicyclic) bond motifs is 2. The van der Waals surface area contributed by atoms with E-state index in [0.717, 1.165) is 5.39 Å². The zero-order chi connectivity index (χ0) is 29.2. The van der Waals surface area contributed by atoms with Crippen LogP contribution in [0.15, 0.2) is 110 Å². The van der Waals surface area contributed by atoms with Gasteiger partial charge in [-0.15, -0.1) is 0 Å². The third-order valence-corrected chi connectivity index (χ3v) is 7.07. The highest BCUT2D eigenvalue weighted by atomic mass is 79.9. The third kappa shape index (κ3) is 5.25. The van der Waals surface area contributed by atoms with Crippen LogP contribution in [0.5, 0.6) is 11.5 Å². The molecule has 0 bridgehead atoms. The number of halogens is 1. The van der Waals surface area contributed by atoms with E-state index >= 15 is 0 Å². The van der Waals surface area contributed by atoms with E-state index in [1.54, 1.807) is 42.5 Å². The summed E-state index contributed by atoms with van der Waals surface area (Å²) in [7, 11) is 1.50. The predicted octanol–water partition coefficient (Wildman–Crippen LogP) is 6.95. The number of hydrogen-bond acceptors (Lipinski definition) is 8. The molecule has 0 atom stereocenters. The Kier molecular flexibility index (Phi) is 7.24. The lowest BCUT2D eigenvalue weighted by Crippen LogP contribution is -2.20. The van der Waals surface area contributed by atoms with E-state index in [4.69, 9.17) is 18.9 Å². The van der Waals surface area contributed by atoms with Crippen molar-refractivity contribution >= 4 is 49.7 Å². The second kappa shape index (κ2) is 11.3. The van der Waals surface area contributed by atoms with Crippen LogP contribution in [0.25, 0.3) is 33.5 Å². The van der Waals surface area contributed by atoms with E-state index in [0.29, 0.717) is 49.3 Å². The predicted molar refractivity (Wildman–Crippen MR) is 162 cm³/mol. The fourth-order valence-electron chi connectivity index (χ4n) is 4.48. The summed E-state index contributed by atoms with van der Waals surface area (Å²) in [6, 6.07) is 26.1. The van der Waals surface area contributed by atoms with Crippen LogP contribution >= 0.6 is 15.9 Å². The summed E-state index contributed by atoms with van der Waals surface area (Å²) in [4.78, 5) is 28.9. The van der Waals surface area contributed by atoms with Gasteiger partial charge in [0.2, 0.25) is 5.82 Å². The molecule has 11 heteroatoms. The number of ether oxygens (including phenoxy) is 2. The number of nitro groups is 1. The van der Waals surface area contributed by atoms with E-state index in [9.17, 15) is 14.9 Å². The molecule has 42 heavy (non-hydrogen) atoms. The van der Waals surface area contributed by atoms with E-state index in [1.165, 1.54) is 30.1 Å². The summed E-state index contributed by atoms with van der Waals surface area (Å²) in [6.07, 6.45) is 1.52. The zero-order valence-electron chi connectivity index (χ0n) is 22.1. The first-order valence-electron chi connectivity index (χ1n) is 12.7. The van der Waals surface area contributed by atoms with Gasteiger partial charge >= 0.3 is 0 Å². The van der Waals surface area contributed by atoms with Crippen molar-refractivity contribution in [3.63, 3.8) is 0 Å². The van der Waals surface area contributed by atoms with E-state index in [-0.39, 0.29) is 23.7 Å². The minimum Gasteiger partial charge on any atom is -0.493 e. The highest BCUT2D eigenvalue weighted by Gasteiger charge is 2.17. The van der Waals surface area contributed by atoms with Gasteiger partial charge in [-0.1, -0.05) is 42.5 Å². The topological polar surface area (TPSA) is 122 Å². The van der Waals surface area contributed by atoms with Crippen molar-refractivity contribution in [2.24, 2.45) is 5.10 Å². The molecular weight excluding hydrogens is 604 g/mol. The molecule has 0 fully saturated rings. The highest BCUT2D eigenvalue weighted by Crippen LogP contribution is 2.37. The van der Waals surface area contributed by atoms with Gasteiger partial charge in [-0.25, -0.2) is 4.98 Å². The van der Waals surface area contributed by atoms with Gasteiger partial charge in [0, 0.05) is 17.5 Å². The summed E-state index contributed by atoms with van der Waals surface area (Å²) in [5, 5.41) is 16.9. The Bertz CT molecular complexity index is 2030. The van der Waals surface area contributed by atoms with Gasteiger partial charge in [0.15, 0.2) is 17.3 Å². The summed E-state index contributed by atoms with van der Waals surface area (Å²) in [5.74, 6) is 1.47. The number of para-hydroxylation sites is 2. The smallest absolute Gasteiger partial charge is 0.282 e. The van der Waals surface area contributed by atoms with Gasteiger partial charge < -0.3 is 13.9 Å². The normalized spacial score (nSPS) is 11.4. The molecule has 0 aliphatic rings. The Morgan fingerprint density at radius 3 is 2.67 bits per heavy atom. The lowest BCUT2D eigenvalue weighted by molar-refractivity contribution is -0.384. The number of methoxy groups -OCH3 is 1. The van der Waals surface area contributed by atoms with E-state index in [1.807, 2.05) is 36.4 Å². The Morgan fingerprint density at radius 2 is 1.86 bits per heavy atom. The number of aromatic nitrogens is 2. The van der Waals surface area contributed by atoms with E-state index in [2.05, 4.69) is 21.0 Å². The van der Waals surface area contributed by atoms with Gasteiger partial charge in [-0.05, 0) is 63.5 Å². The lowest BCUT2D eigenvalue weighted by Gasteiger charge is -2.13. The first-order valence-corrected chi connectivity index (χ1v) is 13.5. The van der Waals surface area contributed by atoms with Crippen molar-refractivity contribution in [3.8, 4) is 23.1 Å². The second-order valence-electron chi connectivity index (χ2n) is 9.21. The number of benzene rings is 4. The summed E-state index contributed by atoms with van der Waals surface area (Å²) < 4.78 is 19.3. The standard InChI is InChI=1S/C31H21BrN4O6/c1-40-27-15-20(14-24(32)29(27)41-18-19-7-6-9-22(13-19)36(38)39)17-33-35-30(28-16-21-8-2-5-12-26(21)42-28)34-25-11-4-3-10-23(25)31(35)37/h2-17H,18H2,1H3. The van der Waals surface area contributed by atoms with Crippen LogP contribution in [0.1, 0.15) is 11.1 Å². The van der Waals surface area contributed by atoms with Crippen molar-refractivity contribution < 1.29 is 18.8 Å². The van der Waals surface area contributed by atoms with Crippen LogP contribution in [0, 0.1) is 10.1 Å². The van der Waals surface area contributed by atoms with Crippen LogP contribution < -0.4 is 15.0 Å². The number of rotatable bonds is 8. The molecule has 0 radical (unpaired) electrons. The van der Waals surface area contributed by atoms with Gasteiger partial charge in [-0.3, -0.25) is 14.9 Å². The van der Waals surface area contributed by atoms with Gasteiger partial charge in [0.25, 0.3) is 11.2 Å². The minimum absolute atomic E-state index is 0.0193. The molecular formula is C31H21BrN4O6. The zero-order valence-corrected chi connectivity index (χ0v) is 23.6. The summed E-state index contributed by atoms with van der Waals surface area (Å²) in [5.41, 5.74) is 2.06. The average molecular weight is 625 g/mol. The number of nitrogens with zero attached hydrogens (tertiary/aromatic N) is 4. The molecule has 0 saturated heterocycles. The van der Waals surface area contributed by atoms with Crippen LogP contribution in [-0.4, -0.2) is 27.9 Å². The monoisotopic (exact) mass is 624 g/mol. The summed E-state index contributed by atoms with van der Waals surface area (Å²) >= 11 is 3.52. The van der Waals surface area contributed by atoms with Gasteiger partial charge in [0.05, 0.1) is 33.6 Å². The number of non-ortho nitro benzene ring substituents is 1. The molecule has 0 aliphatic carbocycles. The minimum atomic E-state index is -0.454. The molecule has 0 saturated carbocycles. The Balaban J connectivity index is 1.36. The molecule has 2 aromatic heterocycles. The largest absolute Gasteiger partial charge is 0.493 e. The average Bonchev–Trinajstić information content (AvgIpc) is 3.44.